The van der Waals surface area contributed by atoms with E-state index >= 15 is 0 Å². The summed E-state index contributed by atoms with van der Waals surface area (Å²) in [6.07, 6.45) is -2.31. The van der Waals surface area contributed by atoms with Crippen molar-refractivity contribution in [3.05, 3.63) is 35.9 Å². The molecule has 0 saturated carbocycles. The number of nitrogens with one attached hydrogen (secondary N) is 8. The number of carboxylic acid groups (broad SMARTS) is 3. The van der Waals surface area contributed by atoms with Crippen molar-refractivity contribution in [2.24, 2.45) is 28.1 Å². The molecular weight excluding hydrogens is 885 g/mol. The molecule has 0 bridgehead atoms. The summed E-state index contributed by atoms with van der Waals surface area (Å²) in [5, 5.41) is 46.9. The minimum Gasteiger partial charge on any atom is -0.481 e. The zero-order valence-electron chi connectivity index (χ0n) is 38.0. The van der Waals surface area contributed by atoms with Crippen LogP contribution < -0.4 is 59.7 Å². The number of carbonyl (C=O) groups excluding carboxylic acids is 8. The normalized spacial score (nSPS) is 14.4. The first-order valence-corrected chi connectivity index (χ1v) is 21.2. The van der Waals surface area contributed by atoms with Crippen LogP contribution in [0.5, 0.6) is 0 Å². The first kappa shape index (κ1) is 57.6. The molecule has 17 N–H and O–H groups in total. The smallest absolute Gasteiger partial charge is 0.326 e. The van der Waals surface area contributed by atoms with E-state index in [-0.39, 0.29) is 44.1 Å². The summed E-state index contributed by atoms with van der Waals surface area (Å²) in [4.78, 5) is 143. The zero-order valence-corrected chi connectivity index (χ0v) is 38.0. The van der Waals surface area contributed by atoms with Gasteiger partial charge in [-0.05, 0) is 57.9 Å². The van der Waals surface area contributed by atoms with Crippen molar-refractivity contribution >= 4 is 71.1 Å². The molecule has 372 valence electrons. The maximum Gasteiger partial charge on any atom is 0.326 e. The van der Waals surface area contributed by atoms with Gasteiger partial charge in [0.2, 0.25) is 47.3 Å². The lowest BCUT2D eigenvalue weighted by Crippen LogP contribution is -2.59. The molecule has 0 unspecified atom stereocenters. The van der Waals surface area contributed by atoms with Crippen LogP contribution >= 0.6 is 0 Å². The number of rotatable bonds is 30. The number of benzene rings is 1. The summed E-state index contributed by atoms with van der Waals surface area (Å²) in [5.74, 6) is -12.0. The molecule has 8 amide bonds. The van der Waals surface area contributed by atoms with Gasteiger partial charge in [-0.3, -0.25) is 52.9 Å². The molecule has 0 aromatic heterocycles. The summed E-state index contributed by atoms with van der Waals surface area (Å²) in [7, 11) is 0. The molecule has 0 fully saturated rings. The Labute approximate surface area is 386 Å². The molecule has 0 aliphatic carbocycles. The maximum absolute atomic E-state index is 13.9. The van der Waals surface area contributed by atoms with Crippen LogP contribution in [0.2, 0.25) is 0 Å². The number of nitrogens with two attached hydrogens (primary N) is 3. The van der Waals surface area contributed by atoms with Crippen molar-refractivity contribution < 1.29 is 68.1 Å². The Morgan fingerprint density at radius 1 is 0.582 bits per heavy atom. The Kier molecular flexibility index (Phi) is 25.1. The van der Waals surface area contributed by atoms with E-state index in [4.69, 9.17) is 22.3 Å². The van der Waals surface area contributed by atoms with Crippen LogP contribution in [0.15, 0.2) is 35.3 Å². The van der Waals surface area contributed by atoms with Crippen LogP contribution in [0, 0.1) is 5.92 Å². The Bertz CT molecular complexity index is 1940. The number of hydrogen-bond acceptors (Lipinski definition) is 13. The van der Waals surface area contributed by atoms with Crippen LogP contribution in [0.4, 0.5) is 0 Å². The molecule has 1 aromatic rings. The largest absolute Gasteiger partial charge is 0.481 e. The first-order valence-electron chi connectivity index (χ1n) is 21.2. The van der Waals surface area contributed by atoms with Crippen molar-refractivity contribution in [3.8, 4) is 0 Å². The molecule has 26 heteroatoms. The SMILES string of the molecule is CC(C)C[C@H](NC(=O)CNC(=O)[C@H](CCCN=C(N)N)NC(=O)[C@H](C)NC(=O)[C@H](C)NC(=O)[C@H](C)N)C(=O)N[C@@H](Cc1ccccc1)C(=O)N[C@@H](CCC(=O)O)C(=O)N[C@@H](CC(=O)O)C(=O)O. The van der Waals surface area contributed by atoms with E-state index in [9.17, 15) is 63.0 Å². The van der Waals surface area contributed by atoms with Crippen molar-refractivity contribution in [2.45, 2.75) is 128 Å². The van der Waals surface area contributed by atoms with Gasteiger partial charge in [0.15, 0.2) is 5.96 Å². The van der Waals surface area contributed by atoms with Crippen LogP contribution in [-0.2, 0) is 59.2 Å². The van der Waals surface area contributed by atoms with E-state index < -0.39 is 139 Å². The average Bonchev–Trinajstić information content (AvgIpc) is 3.23. The molecule has 1 rings (SSSR count). The summed E-state index contributed by atoms with van der Waals surface area (Å²) in [6.45, 7) is 6.95. The van der Waals surface area contributed by atoms with Crippen LogP contribution in [0.1, 0.15) is 78.7 Å². The number of aliphatic imine (C=N–C) groups is 1. The number of nitrogens with zero attached hydrogens (tertiary/aromatic N) is 1. The first-order chi connectivity index (χ1) is 31.3. The molecule has 26 nitrogen and oxygen atoms in total. The minimum atomic E-state index is -1.93. The summed E-state index contributed by atoms with van der Waals surface area (Å²) in [6, 6.07) is -2.66. The summed E-state index contributed by atoms with van der Waals surface area (Å²) in [5.41, 5.74) is 16.8. The number of guanidine groups is 1. The number of amides is 8. The van der Waals surface area contributed by atoms with Crippen molar-refractivity contribution in [3.63, 3.8) is 0 Å². The number of hydrogen-bond donors (Lipinski definition) is 14. The highest BCUT2D eigenvalue weighted by atomic mass is 16.4. The molecule has 67 heavy (non-hydrogen) atoms. The van der Waals surface area contributed by atoms with Gasteiger partial charge in [-0.15, -0.1) is 0 Å². The van der Waals surface area contributed by atoms with Crippen molar-refractivity contribution in [1.82, 2.24) is 42.5 Å². The highest BCUT2D eigenvalue weighted by Crippen LogP contribution is 2.10. The predicted octanol–water partition coefficient (Wildman–Crippen LogP) is -4.35. The Hall–Kier alpha value is -7.38. The highest BCUT2D eigenvalue weighted by molar-refractivity contribution is 5.97. The fraction of sp³-hybridized carbons (Fsp3) is 0.561. The van der Waals surface area contributed by atoms with Crippen molar-refractivity contribution in [2.75, 3.05) is 13.1 Å². The van der Waals surface area contributed by atoms with E-state index in [1.807, 2.05) is 5.32 Å². The molecule has 0 spiro atoms. The molecule has 0 saturated heterocycles. The molecule has 0 heterocycles. The average molecular weight is 949 g/mol. The minimum absolute atomic E-state index is 0.00954. The van der Waals surface area contributed by atoms with Gasteiger partial charge in [0.05, 0.1) is 19.0 Å². The summed E-state index contributed by atoms with van der Waals surface area (Å²) < 4.78 is 0. The number of carbonyl (C=O) groups is 11. The van der Waals surface area contributed by atoms with Gasteiger partial charge < -0.3 is 75.1 Å². The molecule has 0 radical (unpaired) electrons. The Balaban J connectivity index is 3.27. The molecule has 0 aliphatic rings. The van der Waals surface area contributed by atoms with Gasteiger partial charge in [0, 0.05) is 19.4 Å². The van der Waals surface area contributed by atoms with Gasteiger partial charge in [0.1, 0.15) is 42.3 Å². The third-order valence-corrected chi connectivity index (χ3v) is 9.47. The Morgan fingerprint density at radius 2 is 1.09 bits per heavy atom. The fourth-order valence-electron chi connectivity index (χ4n) is 5.91. The second-order valence-electron chi connectivity index (χ2n) is 16.0. The lowest BCUT2D eigenvalue weighted by molar-refractivity contribution is -0.147. The Morgan fingerprint density at radius 3 is 1.63 bits per heavy atom. The fourth-order valence-corrected chi connectivity index (χ4v) is 5.91. The van der Waals surface area contributed by atoms with E-state index in [1.54, 1.807) is 44.2 Å². The van der Waals surface area contributed by atoms with Crippen LogP contribution in [-0.4, -0.2) is 148 Å². The van der Waals surface area contributed by atoms with E-state index in [1.165, 1.54) is 20.8 Å². The van der Waals surface area contributed by atoms with Gasteiger partial charge in [-0.2, -0.15) is 0 Å². The third kappa shape index (κ3) is 23.4. The van der Waals surface area contributed by atoms with Gasteiger partial charge in [0.25, 0.3) is 0 Å². The second kappa shape index (κ2) is 29.2. The lowest BCUT2D eigenvalue weighted by atomic mass is 10.0. The topological polar surface area (TPSA) is 435 Å². The third-order valence-electron chi connectivity index (χ3n) is 9.47. The van der Waals surface area contributed by atoms with E-state index in [0.717, 1.165) is 0 Å². The maximum atomic E-state index is 13.9. The zero-order chi connectivity index (χ0) is 51.0. The predicted molar refractivity (Wildman–Crippen MR) is 238 cm³/mol. The van der Waals surface area contributed by atoms with Gasteiger partial charge in [-0.25, -0.2) is 4.79 Å². The summed E-state index contributed by atoms with van der Waals surface area (Å²) >= 11 is 0. The molecular formula is C41H64N12O14. The standard InChI is InChI=1S/C41H64N12O14/c1-20(2)16-27(49-30(54)19-46-36(62)25(12-9-15-45-41(43)44)50-35(61)23(5)48-34(60)22(4)47-33(59)21(3)42)38(64)52-28(17-24-10-7-6-8-11-24)39(65)51-26(13-14-31(55)56)37(63)53-29(40(66)67)18-32(57)58/h6-8,10-11,20-23,25-29H,9,12-19,42H2,1-5H3,(H,46,62)(H,47,59)(H,48,60)(H,49,54)(H,50,61)(H,51,65)(H,52,64)(H,53,63)(H,55,56)(H,57,58)(H,66,67)(H4,43,44,45)/t21-,22-,23-,25-,26-,27-,28-,29-/m0/s1. The van der Waals surface area contributed by atoms with Crippen LogP contribution in [0.25, 0.3) is 0 Å². The second-order valence-corrected chi connectivity index (χ2v) is 16.0. The van der Waals surface area contributed by atoms with Gasteiger partial charge in [-0.1, -0.05) is 44.2 Å². The monoisotopic (exact) mass is 948 g/mol. The van der Waals surface area contributed by atoms with E-state index in [2.05, 4.69) is 42.2 Å². The highest BCUT2D eigenvalue weighted by Gasteiger charge is 2.33. The lowest BCUT2D eigenvalue weighted by Gasteiger charge is -2.26. The molecule has 8 atom stereocenters. The van der Waals surface area contributed by atoms with Gasteiger partial charge >= 0.3 is 17.9 Å². The number of aliphatic carboxylic acids is 3. The number of carboxylic acids is 3. The molecule has 1 aromatic carbocycles. The molecule has 0 aliphatic heterocycles. The van der Waals surface area contributed by atoms with Crippen LogP contribution in [0.3, 0.4) is 0 Å². The quantitative estimate of drug-likeness (QED) is 0.0197. The van der Waals surface area contributed by atoms with Crippen molar-refractivity contribution in [1.29, 1.82) is 0 Å². The van der Waals surface area contributed by atoms with E-state index in [0.29, 0.717) is 5.56 Å².